The van der Waals surface area contributed by atoms with E-state index in [1.807, 2.05) is 18.2 Å². The number of hydrogen-bond donors (Lipinski definition) is 0. The predicted molar refractivity (Wildman–Crippen MR) is 84.3 cm³/mol. The number of hydrogen-bond acceptors (Lipinski definition) is 2. The topological polar surface area (TPSA) is 26.3 Å². The maximum atomic E-state index is 10.5. The zero-order valence-electron chi connectivity index (χ0n) is 12.3. The van der Waals surface area contributed by atoms with Crippen molar-refractivity contribution in [2.45, 2.75) is 39.0 Å². The summed E-state index contributed by atoms with van der Waals surface area (Å²) in [5, 5.41) is 0. The van der Waals surface area contributed by atoms with Crippen molar-refractivity contribution in [1.29, 1.82) is 0 Å². The number of carbonyl (C=O) groups is 1. The summed E-state index contributed by atoms with van der Waals surface area (Å²) in [6.07, 6.45) is 14.1. The second kappa shape index (κ2) is 11.0. The van der Waals surface area contributed by atoms with E-state index >= 15 is 0 Å². The summed E-state index contributed by atoms with van der Waals surface area (Å²) in [5.74, 6) is -0.182. The van der Waals surface area contributed by atoms with Crippen molar-refractivity contribution in [2.75, 3.05) is 6.61 Å². The van der Waals surface area contributed by atoms with Crippen molar-refractivity contribution in [1.82, 2.24) is 0 Å². The Bertz CT molecular complexity index is 418. The summed E-state index contributed by atoms with van der Waals surface area (Å²) >= 11 is 0. The Morgan fingerprint density at radius 2 is 1.80 bits per heavy atom. The summed E-state index contributed by atoms with van der Waals surface area (Å²) in [5.41, 5.74) is 1.22. The third-order valence-corrected chi connectivity index (χ3v) is 2.91. The van der Waals surface area contributed by atoms with Crippen LogP contribution in [0.4, 0.5) is 0 Å². The van der Waals surface area contributed by atoms with Gasteiger partial charge in [0.05, 0.1) is 6.61 Å². The fourth-order valence-electron chi connectivity index (χ4n) is 1.84. The van der Waals surface area contributed by atoms with Crippen molar-refractivity contribution in [3.63, 3.8) is 0 Å². The second-order valence-electron chi connectivity index (χ2n) is 4.74. The molecule has 1 rings (SSSR count). The van der Waals surface area contributed by atoms with E-state index in [1.54, 1.807) is 0 Å². The molecule has 0 spiro atoms. The normalized spacial score (nSPS) is 11.2. The van der Waals surface area contributed by atoms with Gasteiger partial charge in [-0.1, -0.05) is 67.5 Å². The highest BCUT2D eigenvalue weighted by molar-refractivity contribution is 5.65. The first-order valence-corrected chi connectivity index (χ1v) is 7.30. The van der Waals surface area contributed by atoms with Gasteiger partial charge in [0.1, 0.15) is 0 Å². The quantitative estimate of drug-likeness (QED) is 0.368. The number of benzene rings is 1. The van der Waals surface area contributed by atoms with Gasteiger partial charge in [-0.15, -0.1) is 0 Å². The van der Waals surface area contributed by atoms with Crippen LogP contribution in [0.15, 0.2) is 48.6 Å². The van der Waals surface area contributed by atoms with E-state index in [0.717, 1.165) is 19.3 Å². The Kier molecular flexibility index (Phi) is 8.95. The maximum Gasteiger partial charge on any atom is 0.302 e. The lowest BCUT2D eigenvalue weighted by Gasteiger charge is -2.00. The molecule has 108 valence electrons. The van der Waals surface area contributed by atoms with E-state index < -0.39 is 0 Å². The van der Waals surface area contributed by atoms with Gasteiger partial charge in [0.2, 0.25) is 0 Å². The molecule has 20 heavy (non-hydrogen) atoms. The Hall–Kier alpha value is -1.83. The highest BCUT2D eigenvalue weighted by Gasteiger charge is 1.92. The van der Waals surface area contributed by atoms with Crippen LogP contribution >= 0.6 is 0 Å². The van der Waals surface area contributed by atoms with Crippen molar-refractivity contribution in [3.05, 3.63) is 54.1 Å². The van der Waals surface area contributed by atoms with Gasteiger partial charge in [0.25, 0.3) is 0 Å². The van der Waals surface area contributed by atoms with Crippen molar-refractivity contribution in [2.24, 2.45) is 0 Å². The molecule has 0 unspecified atom stereocenters. The Labute approximate surface area is 122 Å². The standard InChI is InChI=1S/C18H24O2/c1-17(19)20-16-12-7-5-3-2-4-6-9-13-18-14-10-8-11-15-18/h4,6,8-11,13-15H,2-3,5,7,12,16H2,1H3. The fourth-order valence-corrected chi connectivity index (χ4v) is 1.84. The molecular formula is C18H24O2. The number of esters is 1. The maximum absolute atomic E-state index is 10.5. The van der Waals surface area contributed by atoms with Gasteiger partial charge in [0, 0.05) is 6.92 Å². The zero-order valence-corrected chi connectivity index (χ0v) is 12.3. The lowest BCUT2D eigenvalue weighted by molar-refractivity contribution is -0.141. The van der Waals surface area contributed by atoms with Crippen LogP contribution in [0.5, 0.6) is 0 Å². The lowest BCUT2D eigenvalue weighted by atomic mass is 10.1. The van der Waals surface area contributed by atoms with E-state index in [4.69, 9.17) is 4.74 Å². The molecule has 0 heterocycles. The van der Waals surface area contributed by atoms with E-state index in [9.17, 15) is 4.79 Å². The monoisotopic (exact) mass is 272 g/mol. The zero-order chi connectivity index (χ0) is 14.5. The first-order valence-electron chi connectivity index (χ1n) is 7.30. The van der Waals surface area contributed by atoms with Gasteiger partial charge in [-0.3, -0.25) is 4.79 Å². The molecule has 0 aliphatic rings. The van der Waals surface area contributed by atoms with Gasteiger partial charge >= 0.3 is 5.97 Å². The minimum Gasteiger partial charge on any atom is -0.466 e. The average Bonchev–Trinajstić information content (AvgIpc) is 2.45. The first-order chi connectivity index (χ1) is 9.79. The highest BCUT2D eigenvalue weighted by Crippen LogP contribution is 2.05. The molecule has 2 nitrogen and oxygen atoms in total. The summed E-state index contributed by atoms with van der Waals surface area (Å²) < 4.78 is 4.88. The van der Waals surface area contributed by atoms with Crippen LogP contribution in [0.2, 0.25) is 0 Å². The molecule has 0 amide bonds. The molecule has 0 fully saturated rings. The molecule has 0 aliphatic heterocycles. The first kappa shape index (κ1) is 16.2. The molecule has 0 bridgehead atoms. The summed E-state index contributed by atoms with van der Waals surface area (Å²) in [6, 6.07) is 10.3. The SMILES string of the molecule is CC(=O)OCCCCCCC=CC=Cc1ccccc1. The van der Waals surface area contributed by atoms with E-state index in [2.05, 4.69) is 36.4 Å². The van der Waals surface area contributed by atoms with Crippen LogP contribution in [-0.4, -0.2) is 12.6 Å². The minimum absolute atomic E-state index is 0.182. The van der Waals surface area contributed by atoms with Crippen LogP contribution in [0.25, 0.3) is 6.08 Å². The van der Waals surface area contributed by atoms with Crippen LogP contribution in [0.1, 0.15) is 44.6 Å². The number of allylic oxidation sites excluding steroid dienone is 3. The molecule has 1 aromatic carbocycles. The Morgan fingerprint density at radius 3 is 2.55 bits per heavy atom. The van der Waals surface area contributed by atoms with Crippen molar-refractivity contribution < 1.29 is 9.53 Å². The van der Waals surface area contributed by atoms with Gasteiger partial charge in [0.15, 0.2) is 0 Å². The number of unbranched alkanes of at least 4 members (excludes halogenated alkanes) is 4. The van der Waals surface area contributed by atoms with Crippen molar-refractivity contribution in [3.8, 4) is 0 Å². The smallest absolute Gasteiger partial charge is 0.302 e. The fraction of sp³-hybridized carbons (Fsp3) is 0.389. The van der Waals surface area contributed by atoms with Crippen molar-refractivity contribution >= 4 is 12.0 Å². The van der Waals surface area contributed by atoms with Gasteiger partial charge < -0.3 is 4.74 Å². The van der Waals surface area contributed by atoms with E-state index in [-0.39, 0.29) is 5.97 Å². The lowest BCUT2D eigenvalue weighted by Crippen LogP contribution is -1.99. The van der Waals surface area contributed by atoms with Crippen LogP contribution in [0.3, 0.4) is 0 Å². The summed E-state index contributed by atoms with van der Waals surface area (Å²) in [7, 11) is 0. The summed E-state index contributed by atoms with van der Waals surface area (Å²) in [6.45, 7) is 2.01. The number of ether oxygens (including phenoxy) is 1. The minimum atomic E-state index is -0.182. The second-order valence-corrected chi connectivity index (χ2v) is 4.74. The third-order valence-electron chi connectivity index (χ3n) is 2.91. The van der Waals surface area contributed by atoms with E-state index in [0.29, 0.717) is 6.61 Å². The average molecular weight is 272 g/mol. The number of rotatable bonds is 9. The molecule has 0 radical (unpaired) electrons. The molecule has 0 aromatic heterocycles. The van der Waals surface area contributed by atoms with Gasteiger partial charge in [-0.2, -0.15) is 0 Å². The highest BCUT2D eigenvalue weighted by atomic mass is 16.5. The largest absolute Gasteiger partial charge is 0.466 e. The van der Waals surface area contributed by atoms with Crippen LogP contribution in [-0.2, 0) is 9.53 Å². The van der Waals surface area contributed by atoms with Gasteiger partial charge in [-0.05, 0) is 24.8 Å². The molecule has 2 heteroatoms. The Balaban J connectivity index is 1.97. The molecule has 1 aromatic rings. The molecule has 0 N–H and O–H groups in total. The van der Waals surface area contributed by atoms with Crippen LogP contribution in [0, 0.1) is 0 Å². The van der Waals surface area contributed by atoms with Gasteiger partial charge in [-0.25, -0.2) is 0 Å². The molecule has 0 saturated carbocycles. The molecular weight excluding hydrogens is 248 g/mol. The molecule has 0 saturated heterocycles. The Morgan fingerprint density at radius 1 is 1.05 bits per heavy atom. The third kappa shape index (κ3) is 9.15. The molecule has 0 atom stereocenters. The van der Waals surface area contributed by atoms with E-state index in [1.165, 1.54) is 25.3 Å². The molecule has 0 aliphatic carbocycles. The summed E-state index contributed by atoms with van der Waals surface area (Å²) in [4.78, 5) is 10.5. The predicted octanol–water partition coefficient (Wildman–Crippen LogP) is 4.77. The number of carbonyl (C=O) groups excluding carboxylic acids is 1. The van der Waals surface area contributed by atoms with Crippen LogP contribution < -0.4 is 0 Å².